The van der Waals surface area contributed by atoms with Gasteiger partial charge in [-0.15, -0.1) is 0 Å². The second-order valence-corrected chi connectivity index (χ2v) is 9.86. The van der Waals surface area contributed by atoms with E-state index >= 15 is 0 Å². The van der Waals surface area contributed by atoms with Crippen LogP contribution in [0.5, 0.6) is 0 Å². The van der Waals surface area contributed by atoms with Crippen LogP contribution >= 0.6 is 0 Å². The van der Waals surface area contributed by atoms with E-state index in [9.17, 15) is 4.39 Å². The molecule has 0 unspecified atom stereocenters. The van der Waals surface area contributed by atoms with E-state index in [0.717, 1.165) is 29.7 Å². The number of nitriles is 2. The summed E-state index contributed by atoms with van der Waals surface area (Å²) in [6, 6.07) is 12.0. The SMILES string of the molecule is N#C/C(F)=C/CC[C@H]1CC[C@H](CCCC[C@H]2CC[C@H](c3ccc(C#N)cc3)CC2)CC1. The van der Waals surface area contributed by atoms with Gasteiger partial charge in [0.1, 0.15) is 6.07 Å². The van der Waals surface area contributed by atoms with Crippen LogP contribution in [-0.2, 0) is 0 Å². The smallest absolute Gasteiger partial charge is 0.195 e. The predicted molar refractivity (Wildman–Crippen MR) is 124 cm³/mol. The summed E-state index contributed by atoms with van der Waals surface area (Å²) in [5.74, 6) is 2.59. The van der Waals surface area contributed by atoms with Crippen molar-refractivity contribution in [3.05, 3.63) is 47.3 Å². The third-order valence-corrected chi connectivity index (χ3v) is 7.80. The molecule has 0 amide bonds. The molecule has 31 heavy (non-hydrogen) atoms. The van der Waals surface area contributed by atoms with Gasteiger partial charge in [0, 0.05) is 0 Å². The minimum Gasteiger partial charge on any atom is -0.195 e. The Bertz CT molecular complexity index is 767. The summed E-state index contributed by atoms with van der Waals surface area (Å²) in [4.78, 5) is 0. The summed E-state index contributed by atoms with van der Waals surface area (Å²) >= 11 is 0. The maximum Gasteiger partial charge on any atom is 0.196 e. The number of nitrogens with zero attached hydrogens (tertiary/aromatic N) is 2. The van der Waals surface area contributed by atoms with E-state index in [1.807, 2.05) is 12.1 Å². The minimum absolute atomic E-state index is 0.628. The zero-order valence-electron chi connectivity index (χ0n) is 18.9. The molecule has 0 heterocycles. The Morgan fingerprint density at radius 3 is 1.84 bits per heavy atom. The van der Waals surface area contributed by atoms with E-state index in [4.69, 9.17) is 10.5 Å². The van der Waals surface area contributed by atoms with Crippen LogP contribution in [0.15, 0.2) is 36.2 Å². The van der Waals surface area contributed by atoms with Crippen LogP contribution in [0, 0.1) is 40.4 Å². The molecule has 3 rings (SSSR count). The van der Waals surface area contributed by atoms with Gasteiger partial charge in [0.05, 0.1) is 11.6 Å². The second kappa shape index (κ2) is 12.7. The van der Waals surface area contributed by atoms with Crippen molar-refractivity contribution >= 4 is 0 Å². The number of benzene rings is 1. The molecule has 0 aromatic heterocycles. The van der Waals surface area contributed by atoms with Crippen molar-refractivity contribution in [3.63, 3.8) is 0 Å². The van der Waals surface area contributed by atoms with Gasteiger partial charge in [0.25, 0.3) is 0 Å². The van der Waals surface area contributed by atoms with Crippen molar-refractivity contribution in [3.8, 4) is 12.1 Å². The van der Waals surface area contributed by atoms with Crippen molar-refractivity contribution in [1.29, 1.82) is 10.5 Å². The molecule has 0 atom stereocenters. The minimum atomic E-state index is -0.628. The van der Waals surface area contributed by atoms with Crippen molar-refractivity contribution in [2.45, 2.75) is 95.8 Å². The normalized spacial score (nSPS) is 26.7. The van der Waals surface area contributed by atoms with Gasteiger partial charge in [-0.05, 0) is 86.0 Å². The first-order chi connectivity index (χ1) is 15.2. The summed E-state index contributed by atoms with van der Waals surface area (Å²) in [6.07, 6.45) is 19.3. The summed E-state index contributed by atoms with van der Waals surface area (Å²) in [5.41, 5.74) is 2.17. The Morgan fingerprint density at radius 2 is 1.32 bits per heavy atom. The van der Waals surface area contributed by atoms with Gasteiger partial charge in [-0.2, -0.15) is 14.9 Å². The van der Waals surface area contributed by atoms with Crippen molar-refractivity contribution in [2.75, 3.05) is 0 Å². The predicted octanol–water partition coefficient (Wildman–Crippen LogP) is 8.36. The van der Waals surface area contributed by atoms with E-state index in [-0.39, 0.29) is 0 Å². The molecule has 2 aliphatic rings. The number of rotatable bonds is 9. The largest absolute Gasteiger partial charge is 0.196 e. The van der Waals surface area contributed by atoms with Gasteiger partial charge in [0.15, 0.2) is 5.83 Å². The molecule has 2 nitrogen and oxygen atoms in total. The van der Waals surface area contributed by atoms with E-state index < -0.39 is 5.83 Å². The highest BCUT2D eigenvalue weighted by Crippen LogP contribution is 2.38. The standard InChI is InChI=1S/C28H37FN2/c29-28(21-31)7-3-6-24-10-8-22(9-11-24)4-1-2-5-23-12-16-26(17-13-23)27-18-14-25(20-30)15-19-27/h7,14-15,18-19,22-24,26H,1-6,8-13,16-17H2/b28-7-/t22-,23-,24-,26-. The molecule has 1 aromatic carbocycles. The highest BCUT2D eigenvalue weighted by Gasteiger charge is 2.23. The van der Waals surface area contributed by atoms with E-state index in [0.29, 0.717) is 12.3 Å². The lowest BCUT2D eigenvalue weighted by Crippen LogP contribution is -2.15. The van der Waals surface area contributed by atoms with Gasteiger partial charge in [-0.3, -0.25) is 0 Å². The molecule has 0 aliphatic heterocycles. The fourth-order valence-corrected chi connectivity index (χ4v) is 5.78. The van der Waals surface area contributed by atoms with Gasteiger partial charge in [-0.25, -0.2) is 0 Å². The third-order valence-electron chi connectivity index (χ3n) is 7.80. The third kappa shape index (κ3) is 7.81. The van der Waals surface area contributed by atoms with Gasteiger partial charge < -0.3 is 0 Å². The highest BCUT2D eigenvalue weighted by atomic mass is 19.1. The number of allylic oxidation sites excluding steroid dienone is 2. The lowest BCUT2D eigenvalue weighted by Gasteiger charge is -2.30. The van der Waals surface area contributed by atoms with Crippen LogP contribution in [-0.4, -0.2) is 0 Å². The van der Waals surface area contributed by atoms with Gasteiger partial charge in [0.2, 0.25) is 0 Å². The molecule has 0 N–H and O–H groups in total. The summed E-state index contributed by atoms with van der Waals surface area (Å²) in [6.45, 7) is 0. The second-order valence-electron chi connectivity index (χ2n) is 9.86. The van der Waals surface area contributed by atoms with Crippen LogP contribution in [0.1, 0.15) is 107 Å². The summed E-state index contributed by atoms with van der Waals surface area (Å²) in [7, 11) is 0. The fourth-order valence-electron chi connectivity index (χ4n) is 5.78. The van der Waals surface area contributed by atoms with E-state index in [1.54, 1.807) is 6.07 Å². The first-order valence-electron chi connectivity index (χ1n) is 12.4. The van der Waals surface area contributed by atoms with Crippen molar-refractivity contribution in [2.24, 2.45) is 17.8 Å². The molecule has 3 heteroatoms. The number of hydrogen-bond donors (Lipinski definition) is 0. The number of hydrogen-bond acceptors (Lipinski definition) is 2. The fraction of sp³-hybridized carbons (Fsp3) is 0.643. The first-order valence-corrected chi connectivity index (χ1v) is 12.4. The Balaban J connectivity index is 1.24. The van der Waals surface area contributed by atoms with Gasteiger partial charge in [-0.1, -0.05) is 63.5 Å². The van der Waals surface area contributed by atoms with Crippen molar-refractivity contribution < 1.29 is 4.39 Å². The molecule has 1 aromatic rings. The highest BCUT2D eigenvalue weighted by molar-refractivity contribution is 5.33. The molecular formula is C28H37FN2. The van der Waals surface area contributed by atoms with Gasteiger partial charge >= 0.3 is 0 Å². The van der Waals surface area contributed by atoms with Crippen LogP contribution in [0.25, 0.3) is 0 Å². The molecule has 0 radical (unpaired) electrons. The molecular weight excluding hydrogens is 383 g/mol. The van der Waals surface area contributed by atoms with Crippen LogP contribution in [0.3, 0.4) is 0 Å². The zero-order chi connectivity index (χ0) is 21.9. The van der Waals surface area contributed by atoms with Crippen LogP contribution in [0.4, 0.5) is 4.39 Å². The van der Waals surface area contributed by atoms with Crippen molar-refractivity contribution in [1.82, 2.24) is 0 Å². The first kappa shape index (κ1) is 23.5. The summed E-state index contributed by atoms with van der Waals surface area (Å²) in [5, 5.41) is 17.4. The number of halogens is 1. The Labute approximate surface area is 188 Å². The summed E-state index contributed by atoms with van der Waals surface area (Å²) < 4.78 is 12.9. The average Bonchev–Trinajstić information content (AvgIpc) is 2.83. The van der Waals surface area contributed by atoms with E-state index in [1.165, 1.54) is 88.7 Å². The molecule has 0 saturated heterocycles. The average molecular weight is 421 g/mol. The van der Waals surface area contributed by atoms with Crippen LogP contribution in [0.2, 0.25) is 0 Å². The molecule has 2 aliphatic carbocycles. The van der Waals surface area contributed by atoms with Crippen LogP contribution < -0.4 is 0 Å². The van der Waals surface area contributed by atoms with E-state index in [2.05, 4.69) is 18.2 Å². The Kier molecular flexibility index (Phi) is 9.61. The molecule has 2 fully saturated rings. The maximum absolute atomic E-state index is 12.9. The quantitative estimate of drug-likeness (QED) is 0.297. The number of unbranched alkanes of at least 4 members (excludes halogenated alkanes) is 1. The molecule has 0 bridgehead atoms. The topological polar surface area (TPSA) is 47.6 Å². The Hall–Kier alpha value is -2.13. The lowest BCUT2D eigenvalue weighted by molar-refractivity contribution is 0.244. The maximum atomic E-state index is 12.9. The molecule has 2 saturated carbocycles. The molecule has 0 spiro atoms. The molecule has 166 valence electrons. The zero-order valence-corrected chi connectivity index (χ0v) is 18.9. The monoisotopic (exact) mass is 420 g/mol. The Morgan fingerprint density at radius 1 is 0.806 bits per heavy atom. The lowest BCUT2D eigenvalue weighted by atomic mass is 9.76.